The van der Waals surface area contributed by atoms with Gasteiger partial charge in [-0.05, 0) is 31.1 Å². The highest BCUT2D eigenvalue weighted by Crippen LogP contribution is 2.29. The zero-order valence-corrected chi connectivity index (χ0v) is 9.03. The van der Waals surface area contributed by atoms with Gasteiger partial charge in [0.05, 0.1) is 0 Å². The summed E-state index contributed by atoms with van der Waals surface area (Å²) in [6.07, 6.45) is 1.23. The highest BCUT2D eigenvalue weighted by atomic mass is 16.5. The third-order valence-electron chi connectivity index (χ3n) is 2.64. The minimum atomic E-state index is -0.952. The molecular weight excluding hydrogens is 196 g/mol. The van der Waals surface area contributed by atoms with E-state index < -0.39 is 5.60 Å². The lowest BCUT2D eigenvalue weighted by Crippen LogP contribution is -2.40. The van der Waals surface area contributed by atoms with Crippen LogP contribution in [0, 0.1) is 0 Å². The molecule has 1 aromatic heterocycles. The number of hydrogen-bond acceptors (Lipinski definition) is 6. The van der Waals surface area contributed by atoms with Gasteiger partial charge in [-0.25, -0.2) is 0 Å². The van der Waals surface area contributed by atoms with Crippen LogP contribution in [0.4, 0.5) is 5.95 Å². The molecule has 1 aromatic rings. The van der Waals surface area contributed by atoms with Gasteiger partial charge in [-0.3, -0.25) is 0 Å². The molecule has 0 bridgehead atoms. The van der Waals surface area contributed by atoms with E-state index in [2.05, 4.69) is 15.5 Å². The van der Waals surface area contributed by atoms with Crippen molar-refractivity contribution >= 4 is 5.95 Å². The van der Waals surface area contributed by atoms with Crippen molar-refractivity contribution in [2.75, 3.05) is 32.1 Å². The van der Waals surface area contributed by atoms with Crippen molar-refractivity contribution in [1.29, 1.82) is 0 Å². The summed E-state index contributed by atoms with van der Waals surface area (Å²) >= 11 is 0. The molecule has 1 saturated heterocycles. The Morgan fingerprint density at radius 1 is 1.40 bits per heavy atom. The molecule has 2 N–H and O–H groups in total. The number of rotatable bonds is 2. The van der Waals surface area contributed by atoms with Gasteiger partial charge >= 0.3 is 0 Å². The van der Waals surface area contributed by atoms with E-state index in [9.17, 15) is 5.11 Å². The van der Waals surface area contributed by atoms with Crippen LogP contribution in [0.3, 0.4) is 0 Å². The molecule has 0 atom stereocenters. The standard InChI is InChI=1S/C9H16N4O2/c1-13(2)8-11-7(15-12-8)9(14)3-5-10-6-4-9/h10,14H,3-6H2,1-2H3. The second-order valence-corrected chi connectivity index (χ2v) is 4.08. The van der Waals surface area contributed by atoms with Gasteiger partial charge in [0.15, 0.2) is 0 Å². The number of piperidine rings is 1. The lowest BCUT2D eigenvalue weighted by Gasteiger charge is -2.28. The summed E-state index contributed by atoms with van der Waals surface area (Å²) in [6, 6.07) is 0. The first-order valence-corrected chi connectivity index (χ1v) is 5.06. The van der Waals surface area contributed by atoms with Gasteiger partial charge in [-0.2, -0.15) is 4.98 Å². The Balaban J connectivity index is 2.20. The maximum Gasteiger partial charge on any atom is 0.265 e. The summed E-state index contributed by atoms with van der Waals surface area (Å²) < 4.78 is 5.09. The normalized spacial score (nSPS) is 20.2. The molecule has 0 radical (unpaired) electrons. The average molecular weight is 212 g/mol. The maximum absolute atomic E-state index is 10.3. The summed E-state index contributed by atoms with van der Waals surface area (Å²) in [5.74, 6) is 0.824. The van der Waals surface area contributed by atoms with Gasteiger partial charge in [0, 0.05) is 14.1 Å². The Bertz CT molecular complexity index is 331. The molecule has 0 aromatic carbocycles. The van der Waals surface area contributed by atoms with Crippen LogP contribution in [0.15, 0.2) is 4.52 Å². The fourth-order valence-electron chi connectivity index (χ4n) is 1.64. The van der Waals surface area contributed by atoms with Gasteiger partial charge in [-0.1, -0.05) is 0 Å². The molecule has 1 aliphatic rings. The van der Waals surface area contributed by atoms with Crippen LogP contribution < -0.4 is 10.2 Å². The molecule has 2 heterocycles. The highest BCUT2D eigenvalue weighted by molar-refractivity contribution is 5.24. The Morgan fingerprint density at radius 3 is 2.60 bits per heavy atom. The van der Waals surface area contributed by atoms with Crippen LogP contribution >= 0.6 is 0 Å². The van der Waals surface area contributed by atoms with E-state index in [0.717, 1.165) is 13.1 Å². The minimum absolute atomic E-state index is 0.327. The van der Waals surface area contributed by atoms with Crippen LogP contribution in [0.2, 0.25) is 0 Å². The van der Waals surface area contributed by atoms with Crippen molar-refractivity contribution < 1.29 is 9.63 Å². The number of nitrogens with one attached hydrogen (secondary N) is 1. The number of nitrogens with zero attached hydrogens (tertiary/aromatic N) is 3. The lowest BCUT2D eigenvalue weighted by atomic mass is 9.92. The molecule has 6 nitrogen and oxygen atoms in total. The molecule has 1 fully saturated rings. The Kier molecular flexibility index (Phi) is 2.62. The predicted octanol–water partition coefficient (Wildman–Crippen LogP) is -0.293. The van der Waals surface area contributed by atoms with Crippen molar-refractivity contribution in [1.82, 2.24) is 15.5 Å². The van der Waals surface area contributed by atoms with E-state index in [-0.39, 0.29) is 0 Å². The third-order valence-corrected chi connectivity index (χ3v) is 2.64. The van der Waals surface area contributed by atoms with Gasteiger partial charge in [-0.15, -0.1) is 0 Å². The van der Waals surface area contributed by atoms with Crippen LogP contribution in [0.25, 0.3) is 0 Å². The van der Waals surface area contributed by atoms with Crippen molar-refractivity contribution in [2.45, 2.75) is 18.4 Å². The van der Waals surface area contributed by atoms with E-state index in [1.807, 2.05) is 14.1 Å². The first-order valence-electron chi connectivity index (χ1n) is 5.06. The molecule has 15 heavy (non-hydrogen) atoms. The predicted molar refractivity (Wildman–Crippen MR) is 54.6 cm³/mol. The van der Waals surface area contributed by atoms with Crippen molar-refractivity contribution in [3.8, 4) is 0 Å². The van der Waals surface area contributed by atoms with E-state index in [0.29, 0.717) is 24.7 Å². The minimum Gasteiger partial charge on any atom is -0.380 e. The van der Waals surface area contributed by atoms with E-state index in [1.165, 1.54) is 0 Å². The van der Waals surface area contributed by atoms with Gasteiger partial charge < -0.3 is 19.8 Å². The Labute approximate surface area is 88.3 Å². The number of anilines is 1. The number of hydrogen-bond donors (Lipinski definition) is 2. The zero-order chi connectivity index (χ0) is 10.9. The molecule has 0 unspecified atom stereocenters. The summed E-state index contributed by atoms with van der Waals surface area (Å²) in [5, 5.41) is 17.3. The SMILES string of the molecule is CN(C)c1noc(C2(O)CCNCC2)n1. The fraction of sp³-hybridized carbons (Fsp3) is 0.778. The molecule has 0 aliphatic carbocycles. The Hall–Kier alpha value is -1.14. The molecule has 6 heteroatoms. The summed E-state index contributed by atoms with van der Waals surface area (Å²) in [6.45, 7) is 1.55. The summed E-state index contributed by atoms with van der Waals surface area (Å²) in [5.41, 5.74) is -0.952. The van der Waals surface area contributed by atoms with Gasteiger partial charge in [0.1, 0.15) is 5.60 Å². The zero-order valence-electron chi connectivity index (χ0n) is 9.03. The molecule has 0 spiro atoms. The quantitative estimate of drug-likeness (QED) is 0.701. The topological polar surface area (TPSA) is 74.4 Å². The molecule has 1 aliphatic heterocycles. The average Bonchev–Trinajstić information content (AvgIpc) is 2.68. The number of aliphatic hydroxyl groups is 1. The maximum atomic E-state index is 10.3. The first kappa shape index (κ1) is 10.4. The first-order chi connectivity index (χ1) is 7.12. The lowest BCUT2D eigenvalue weighted by molar-refractivity contribution is -0.0228. The van der Waals surface area contributed by atoms with E-state index in [1.54, 1.807) is 4.90 Å². The second kappa shape index (κ2) is 3.79. The van der Waals surface area contributed by atoms with Crippen LogP contribution in [-0.2, 0) is 5.60 Å². The smallest absolute Gasteiger partial charge is 0.265 e. The van der Waals surface area contributed by atoms with E-state index >= 15 is 0 Å². The molecule has 84 valence electrons. The van der Waals surface area contributed by atoms with Crippen molar-refractivity contribution in [2.24, 2.45) is 0 Å². The summed E-state index contributed by atoms with van der Waals surface area (Å²) in [7, 11) is 3.67. The highest BCUT2D eigenvalue weighted by Gasteiger charge is 2.37. The monoisotopic (exact) mass is 212 g/mol. The number of aromatic nitrogens is 2. The molecule has 0 saturated carbocycles. The van der Waals surface area contributed by atoms with Gasteiger partial charge in [0.25, 0.3) is 11.8 Å². The largest absolute Gasteiger partial charge is 0.380 e. The van der Waals surface area contributed by atoms with Crippen LogP contribution in [0.5, 0.6) is 0 Å². The Morgan fingerprint density at radius 2 is 2.07 bits per heavy atom. The second-order valence-electron chi connectivity index (χ2n) is 4.08. The molecule has 2 rings (SSSR count). The molecular formula is C9H16N4O2. The van der Waals surface area contributed by atoms with E-state index in [4.69, 9.17) is 4.52 Å². The van der Waals surface area contributed by atoms with Crippen LogP contribution in [0.1, 0.15) is 18.7 Å². The van der Waals surface area contributed by atoms with Crippen molar-refractivity contribution in [3.05, 3.63) is 5.89 Å². The van der Waals surface area contributed by atoms with Crippen molar-refractivity contribution in [3.63, 3.8) is 0 Å². The van der Waals surface area contributed by atoms with Crippen LogP contribution in [-0.4, -0.2) is 42.4 Å². The third kappa shape index (κ3) is 1.95. The van der Waals surface area contributed by atoms with Gasteiger partial charge in [0.2, 0.25) is 0 Å². The summed E-state index contributed by atoms with van der Waals surface area (Å²) in [4.78, 5) is 5.92. The molecule has 0 amide bonds. The fourth-order valence-corrected chi connectivity index (χ4v) is 1.64.